The molecule has 3 heterocycles. The molecule has 0 amide bonds. The van der Waals surface area contributed by atoms with Crippen LogP contribution < -0.4 is 16.2 Å². The predicted octanol–water partition coefficient (Wildman–Crippen LogP) is 3.85. The molecule has 0 aliphatic carbocycles. The molecule has 4 aromatic rings. The minimum atomic E-state index is -0.430. The zero-order valence-corrected chi connectivity index (χ0v) is 17.6. The van der Waals surface area contributed by atoms with E-state index in [1.54, 1.807) is 23.6 Å². The summed E-state index contributed by atoms with van der Waals surface area (Å²) < 4.78 is 1.59. The van der Waals surface area contributed by atoms with Crippen molar-refractivity contribution >= 4 is 34.4 Å². The summed E-state index contributed by atoms with van der Waals surface area (Å²) in [6.07, 6.45) is 2.39. The first-order valence-corrected chi connectivity index (χ1v) is 10.4. The average molecular weight is 433 g/mol. The molecule has 31 heavy (non-hydrogen) atoms. The van der Waals surface area contributed by atoms with Gasteiger partial charge >= 0.3 is 0 Å². The van der Waals surface area contributed by atoms with Crippen LogP contribution in [0.1, 0.15) is 23.0 Å². The van der Waals surface area contributed by atoms with Gasteiger partial charge in [-0.05, 0) is 42.7 Å². The summed E-state index contributed by atoms with van der Waals surface area (Å²) in [5.41, 5.74) is 3.74. The van der Waals surface area contributed by atoms with Gasteiger partial charge in [-0.2, -0.15) is 0 Å². The van der Waals surface area contributed by atoms with Crippen molar-refractivity contribution in [1.29, 1.82) is 0 Å². The number of halogens is 1. The van der Waals surface area contributed by atoms with Crippen molar-refractivity contribution in [2.45, 2.75) is 19.5 Å². The highest BCUT2D eigenvalue weighted by Crippen LogP contribution is 2.23. The van der Waals surface area contributed by atoms with Crippen LogP contribution in [-0.2, 0) is 6.42 Å². The second kappa shape index (κ2) is 7.92. The minimum absolute atomic E-state index is 0.139. The van der Waals surface area contributed by atoms with Crippen molar-refractivity contribution in [2.75, 3.05) is 11.9 Å². The fourth-order valence-corrected chi connectivity index (χ4v) is 3.99. The molecule has 1 atom stereocenters. The summed E-state index contributed by atoms with van der Waals surface area (Å²) in [6.45, 7) is 2.39. The number of anilines is 1. The minimum Gasteiger partial charge on any atom is -0.361 e. The third kappa shape index (κ3) is 3.80. The summed E-state index contributed by atoms with van der Waals surface area (Å²) in [5.74, 6) is 1.05. The predicted molar refractivity (Wildman–Crippen MR) is 124 cm³/mol. The molecule has 1 aliphatic rings. The summed E-state index contributed by atoms with van der Waals surface area (Å²) in [6, 6.07) is 17.2. The third-order valence-corrected chi connectivity index (χ3v) is 5.61. The second-order valence-electron chi connectivity index (χ2n) is 7.49. The maximum atomic E-state index is 12.7. The molecule has 0 saturated carbocycles. The number of aliphatic imine (C=N–C) groups is 1. The molecule has 2 aromatic heterocycles. The highest BCUT2D eigenvalue weighted by Gasteiger charge is 2.26. The molecule has 3 N–H and O–H groups in total. The van der Waals surface area contributed by atoms with E-state index in [2.05, 4.69) is 32.7 Å². The summed E-state index contributed by atoms with van der Waals surface area (Å²) >= 11 is 6.05. The van der Waals surface area contributed by atoms with Gasteiger partial charge in [0.2, 0.25) is 5.95 Å². The Bertz CT molecular complexity index is 1340. The fourth-order valence-electron chi connectivity index (χ4n) is 3.87. The largest absolute Gasteiger partial charge is 0.361 e. The molecule has 0 radical (unpaired) electrons. The van der Waals surface area contributed by atoms with E-state index < -0.39 is 6.17 Å². The molecule has 1 unspecified atom stereocenters. The molecular weight excluding hydrogens is 412 g/mol. The number of benzene rings is 2. The second-order valence-corrected chi connectivity index (χ2v) is 7.93. The Morgan fingerprint density at radius 2 is 1.97 bits per heavy atom. The van der Waals surface area contributed by atoms with E-state index >= 15 is 0 Å². The van der Waals surface area contributed by atoms with Gasteiger partial charge in [0.1, 0.15) is 6.17 Å². The first kappa shape index (κ1) is 19.4. The van der Waals surface area contributed by atoms with Crippen LogP contribution in [-0.4, -0.2) is 27.0 Å². The van der Waals surface area contributed by atoms with Gasteiger partial charge in [-0.15, -0.1) is 0 Å². The monoisotopic (exact) mass is 432 g/mol. The van der Waals surface area contributed by atoms with Crippen LogP contribution >= 0.6 is 11.6 Å². The summed E-state index contributed by atoms with van der Waals surface area (Å²) in [7, 11) is 0. The van der Waals surface area contributed by atoms with Gasteiger partial charge in [0, 0.05) is 40.4 Å². The van der Waals surface area contributed by atoms with Crippen LogP contribution in [0.3, 0.4) is 0 Å². The van der Waals surface area contributed by atoms with Crippen LogP contribution in [0, 0.1) is 6.92 Å². The van der Waals surface area contributed by atoms with Gasteiger partial charge in [0.15, 0.2) is 5.96 Å². The molecule has 0 saturated heterocycles. The van der Waals surface area contributed by atoms with Crippen LogP contribution in [0.5, 0.6) is 0 Å². The van der Waals surface area contributed by atoms with Gasteiger partial charge in [-0.25, -0.2) is 4.98 Å². The molecule has 8 heteroatoms. The number of aromatic nitrogens is 3. The van der Waals surface area contributed by atoms with E-state index in [-0.39, 0.29) is 5.56 Å². The number of nitrogens with zero attached hydrogens (tertiary/aromatic N) is 3. The Morgan fingerprint density at radius 3 is 2.81 bits per heavy atom. The Balaban J connectivity index is 1.44. The number of aromatic amines is 1. The number of hydrogen-bond donors (Lipinski definition) is 3. The van der Waals surface area contributed by atoms with E-state index in [0.717, 1.165) is 17.5 Å². The SMILES string of the molecule is Cc1cc(=O)n2c(n1)NC(=NCCc1c[nH]c3ccccc13)NC2c1ccc(Cl)cc1. The Kier molecular flexibility index (Phi) is 4.95. The van der Waals surface area contributed by atoms with Gasteiger partial charge in [0.25, 0.3) is 5.56 Å². The smallest absolute Gasteiger partial charge is 0.257 e. The van der Waals surface area contributed by atoms with E-state index in [4.69, 9.17) is 16.6 Å². The van der Waals surface area contributed by atoms with Crippen LogP contribution in [0.15, 0.2) is 70.6 Å². The van der Waals surface area contributed by atoms with Crippen molar-refractivity contribution in [1.82, 2.24) is 19.9 Å². The first-order valence-electron chi connectivity index (χ1n) is 10.1. The molecule has 156 valence electrons. The van der Waals surface area contributed by atoms with Gasteiger partial charge in [-0.1, -0.05) is 41.9 Å². The lowest BCUT2D eigenvalue weighted by Crippen LogP contribution is -2.48. The van der Waals surface area contributed by atoms with Crippen LogP contribution in [0.2, 0.25) is 5.02 Å². The van der Waals surface area contributed by atoms with Gasteiger partial charge in [0.05, 0.1) is 0 Å². The van der Waals surface area contributed by atoms with Gasteiger partial charge in [-0.3, -0.25) is 19.7 Å². The van der Waals surface area contributed by atoms with Crippen molar-refractivity contribution < 1.29 is 0 Å². The molecule has 7 nitrogen and oxygen atoms in total. The van der Waals surface area contributed by atoms with E-state index in [0.29, 0.717) is 29.2 Å². The number of rotatable bonds is 4. The number of H-pyrrole nitrogens is 1. The molecule has 5 rings (SSSR count). The molecule has 0 bridgehead atoms. The van der Waals surface area contributed by atoms with Crippen molar-refractivity contribution in [2.24, 2.45) is 4.99 Å². The van der Waals surface area contributed by atoms with Crippen molar-refractivity contribution in [3.05, 3.63) is 93.0 Å². The van der Waals surface area contributed by atoms with Crippen LogP contribution in [0.4, 0.5) is 5.95 Å². The Labute approximate surface area is 183 Å². The Morgan fingerprint density at radius 1 is 1.16 bits per heavy atom. The number of para-hydroxylation sites is 1. The quantitative estimate of drug-likeness (QED) is 0.457. The number of aryl methyl sites for hydroxylation is 1. The molecule has 2 aromatic carbocycles. The normalized spacial score (nSPS) is 16.7. The lowest BCUT2D eigenvalue weighted by Gasteiger charge is -2.31. The van der Waals surface area contributed by atoms with E-state index in [1.807, 2.05) is 30.5 Å². The standard InChI is InChI=1S/C23H21ClN6O/c1-14-12-20(31)30-21(15-6-8-17(24)9-7-15)28-22(29-23(30)27-14)25-11-10-16-13-26-19-5-3-2-4-18(16)19/h2-9,12-13,21,26H,10-11H2,1H3,(H2,25,27,28,29). The number of fused-ring (bicyclic) bond motifs is 2. The van der Waals surface area contributed by atoms with E-state index in [9.17, 15) is 4.79 Å². The first-order chi connectivity index (χ1) is 15.1. The lowest BCUT2D eigenvalue weighted by molar-refractivity contribution is 0.515. The molecule has 0 spiro atoms. The van der Waals surface area contributed by atoms with Crippen molar-refractivity contribution in [3.8, 4) is 0 Å². The lowest BCUT2D eigenvalue weighted by atomic mass is 10.1. The zero-order valence-electron chi connectivity index (χ0n) is 16.9. The van der Waals surface area contributed by atoms with Gasteiger partial charge < -0.3 is 10.3 Å². The van der Waals surface area contributed by atoms with E-state index in [1.165, 1.54) is 17.0 Å². The van der Waals surface area contributed by atoms with Crippen molar-refractivity contribution in [3.63, 3.8) is 0 Å². The number of nitrogens with one attached hydrogen (secondary N) is 3. The topological polar surface area (TPSA) is 87.1 Å². The molecule has 0 fully saturated rings. The maximum absolute atomic E-state index is 12.7. The number of hydrogen-bond acceptors (Lipinski definition) is 3. The highest BCUT2D eigenvalue weighted by atomic mass is 35.5. The summed E-state index contributed by atoms with van der Waals surface area (Å²) in [5, 5.41) is 8.35. The van der Waals surface area contributed by atoms with Crippen LogP contribution in [0.25, 0.3) is 10.9 Å². The third-order valence-electron chi connectivity index (χ3n) is 5.35. The fraction of sp³-hybridized carbons (Fsp3) is 0.174. The molecular formula is C23H21ClN6O. The Hall–Kier alpha value is -3.58. The number of guanidine groups is 1. The maximum Gasteiger partial charge on any atom is 0.257 e. The summed E-state index contributed by atoms with van der Waals surface area (Å²) in [4.78, 5) is 25.2. The average Bonchev–Trinajstić information content (AvgIpc) is 3.16. The highest BCUT2D eigenvalue weighted by molar-refractivity contribution is 6.30. The zero-order chi connectivity index (χ0) is 21.4. The molecule has 1 aliphatic heterocycles.